The van der Waals surface area contributed by atoms with Crippen molar-refractivity contribution in [1.29, 1.82) is 0 Å². The summed E-state index contributed by atoms with van der Waals surface area (Å²) >= 11 is 0. The number of nitrogens with zero attached hydrogens (tertiary/aromatic N) is 2. The van der Waals surface area contributed by atoms with Gasteiger partial charge in [0, 0.05) is 31.4 Å². The maximum absolute atomic E-state index is 4.49. The molecule has 17 heavy (non-hydrogen) atoms. The van der Waals surface area contributed by atoms with Crippen molar-refractivity contribution in [2.75, 3.05) is 11.9 Å². The van der Waals surface area contributed by atoms with Gasteiger partial charge < -0.3 is 10.2 Å². The van der Waals surface area contributed by atoms with Gasteiger partial charge in [-0.25, -0.2) is 4.98 Å². The van der Waals surface area contributed by atoms with Gasteiger partial charge >= 0.3 is 0 Å². The molecule has 0 bridgehead atoms. The maximum Gasteiger partial charge on any atom is 0.128 e. The Morgan fingerprint density at radius 2 is 1.94 bits per heavy atom. The van der Waals surface area contributed by atoms with Crippen molar-refractivity contribution in [3.63, 3.8) is 0 Å². The fourth-order valence-electron chi connectivity index (χ4n) is 1.36. The molecular formula is C14H25N3. The zero-order chi connectivity index (χ0) is 13.1. The first kappa shape index (κ1) is 14.0. The molecule has 1 heterocycles. The molecule has 1 aromatic rings. The lowest BCUT2D eigenvalue weighted by atomic mass is 10.1. The molecule has 0 aliphatic carbocycles. The van der Waals surface area contributed by atoms with Crippen LogP contribution >= 0.6 is 0 Å². The highest BCUT2D eigenvalue weighted by molar-refractivity contribution is 5.39. The average Bonchev–Trinajstić information content (AvgIpc) is 2.25. The van der Waals surface area contributed by atoms with E-state index in [2.05, 4.69) is 69.0 Å². The molecule has 0 aromatic carbocycles. The predicted octanol–water partition coefficient (Wildman–Crippen LogP) is 2.81. The molecule has 0 radical (unpaired) electrons. The fraction of sp³-hybridized carbons (Fsp3) is 0.643. The molecular weight excluding hydrogens is 210 g/mol. The van der Waals surface area contributed by atoms with Crippen LogP contribution < -0.4 is 10.2 Å². The van der Waals surface area contributed by atoms with E-state index < -0.39 is 0 Å². The van der Waals surface area contributed by atoms with Crippen molar-refractivity contribution >= 4 is 5.82 Å². The van der Waals surface area contributed by atoms with E-state index >= 15 is 0 Å². The van der Waals surface area contributed by atoms with Crippen molar-refractivity contribution in [2.45, 2.75) is 52.7 Å². The van der Waals surface area contributed by atoms with Gasteiger partial charge in [-0.1, -0.05) is 6.07 Å². The Morgan fingerprint density at radius 1 is 1.29 bits per heavy atom. The van der Waals surface area contributed by atoms with Crippen LogP contribution in [0.25, 0.3) is 0 Å². The summed E-state index contributed by atoms with van der Waals surface area (Å²) in [7, 11) is 2.07. The minimum Gasteiger partial charge on any atom is -0.357 e. The van der Waals surface area contributed by atoms with Gasteiger partial charge in [0.2, 0.25) is 0 Å². The molecule has 3 heteroatoms. The molecule has 1 aromatic heterocycles. The molecule has 0 unspecified atom stereocenters. The third-order valence-electron chi connectivity index (χ3n) is 2.77. The Kier molecular flexibility index (Phi) is 4.52. The van der Waals surface area contributed by atoms with Crippen LogP contribution in [-0.4, -0.2) is 23.6 Å². The van der Waals surface area contributed by atoms with Crippen molar-refractivity contribution in [3.05, 3.63) is 23.9 Å². The quantitative estimate of drug-likeness (QED) is 0.870. The normalized spacial score (nSPS) is 11.9. The molecule has 0 spiro atoms. The highest BCUT2D eigenvalue weighted by Gasteiger charge is 2.09. The van der Waals surface area contributed by atoms with Crippen molar-refractivity contribution in [2.24, 2.45) is 0 Å². The zero-order valence-electron chi connectivity index (χ0n) is 11.9. The average molecular weight is 235 g/mol. The lowest BCUT2D eigenvalue weighted by molar-refractivity contribution is 0.424. The maximum atomic E-state index is 4.49. The molecule has 0 aliphatic rings. The van der Waals surface area contributed by atoms with E-state index in [1.54, 1.807) is 0 Å². The van der Waals surface area contributed by atoms with Gasteiger partial charge in [0.05, 0.1) is 0 Å². The molecule has 96 valence electrons. The fourth-order valence-corrected chi connectivity index (χ4v) is 1.36. The largest absolute Gasteiger partial charge is 0.357 e. The second-order valence-corrected chi connectivity index (χ2v) is 5.83. The first-order valence-corrected chi connectivity index (χ1v) is 6.22. The summed E-state index contributed by atoms with van der Waals surface area (Å²) in [6.45, 7) is 11.7. The lowest BCUT2D eigenvalue weighted by Crippen LogP contribution is -2.35. The number of nitrogens with one attached hydrogen (secondary N) is 1. The molecule has 0 aliphatic heterocycles. The smallest absolute Gasteiger partial charge is 0.128 e. The van der Waals surface area contributed by atoms with Crippen LogP contribution in [0.1, 0.15) is 40.2 Å². The van der Waals surface area contributed by atoms with E-state index in [0.29, 0.717) is 6.04 Å². The molecule has 1 rings (SSSR count). The van der Waals surface area contributed by atoms with Gasteiger partial charge in [0.1, 0.15) is 5.82 Å². The van der Waals surface area contributed by atoms with E-state index in [9.17, 15) is 0 Å². The van der Waals surface area contributed by atoms with Gasteiger partial charge in [-0.3, -0.25) is 0 Å². The van der Waals surface area contributed by atoms with E-state index in [-0.39, 0.29) is 5.54 Å². The second kappa shape index (κ2) is 5.50. The highest BCUT2D eigenvalue weighted by Crippen LogP contribution is 2.12. The van der Waals surface area contributed by atoms with Crippen LogP contribution in [0.4, 0.5) is 5.82 Å². The number of hydrogen-bond acceptors (Lipinski definition) is 3. The van der Waals surface area contributed by atoms with Gasteiger partial charge in [-0.2, -0.15) is 0 Å². The summed E-state index contributed by atoms with van der Waals surface area (Å²) in [5, 5.41) is 3.46. The van der Waals surface area contributed by atoms with E-state index in [1.807, 2.05) is 6.20 Å². The lowest BCUT2D eigenvalue weighted by Gasteiger charge is -2.23. The van der Waals surface area contributed by atoms with Crippen LogP contribution in [-0.2, 0) is 6.54 Å². The van der Waals surface area contributed by atoms with Crippen molar-refractivity contribution in [3.8, 4) is 0 Å². The van der Waals surface area contributed by atoms with E-state index in [1.165, 1.54) is 5.56 Å². The molecule has 0 saturated carbocycles. The van der Waals surface area contributed by atoms with Crippen LogP contribution in [0.2, 0.25) is 0 Å². The zero-order valence-corrected chi connectivity index (χ0v) is 11.9. The first-order chi connectivity index (χ1) is 7.79. The van der Waals surface area contributed by atoms with Crippen molar-refractivity contribution in [1.82, 2.24) is 10.3 Å². The Bertz CT molecular complexity index is 335. The van der Waals surface area contributed by atoms with Crippen LogP contribution in [0, 0.1) is 0 Å². The number of aromatic nitrogens is 1. The Hall–Kier alpha value is -1.09. The van der Waals surface area contributed by atoms with Gasteiger partial charge in [-0.15, -0.1) is 0 Å². The van der Waals surface area contributed by atoms with Crippen LogP contribution in [0.3, 0.4) is 0 Å². The van der Waals surface area contributed by atoms with E-state index in [0.717, 1.165) is 12.4 Å². The minimum absolute atomic E-state index is 0.146. The van der Waals surface area contributed by atoms with Crippen LogP contribution in [0.15, 0.2) is 18.3 Å². The number of hydrogen-bond donors (Lipinski definition) is 1. The summed E-state index contributed by atoms with van der Waals surface area (Å²) in [4.78, 5) is 6.65. The van der Waals surface area contributed by atoms with Gasteiger partial charge in [-0.05, 0) is 46.2 Å². The van der Waals surface area contributed by atoms with Crippen LogP contribution in [0.5, 0.6) is 0 Å². The number of pyridine rings is 1. The molecule has 0 amide bonds. The number of rotatable bonds is 4. The summed E-state index contributed by atoms with van der Waals surface area (Å²) in [5.74, 6) is 1.03. The predicted molar refractivity (Wildman–Crippen MR) is 74.4 cm³/mol. The monoisotopic (exact) mass is 235 g/mol. The Labute approximate surface area is 105 Å². The minimum atomic E-state index is 0.146. The topological polar surface area (TPSA) is 28.2 Å². The highest BCUT2D eigenvalue weighted by atomic mass is 15.2. The standard InChI is InChI=1S/C14H25N3/c1-11(2)17(6)13-8-7-12(9-15-13)10-16-14(3,4)5/h7-9,11,16H,10H2,1-6H3. The molecule has 0 atom stereocenters. The Morgan fingerprint density at radius 3 is 2.35 bits per heavy atom. The summed E-state index contributed by atoms with van der Waals surface area (Å²) in [6.07, 6.45) is 1.95. The molecule has 3 nitrogen and oxygen atoms in total. The molecule has 1 N–H and O–H groups in total. The summed E-state index contributed by atoms with van der Waals surface area (Å²) in [5.41, 5.74) is 1.37. The SMILES string of the molecule is CC(C)N(C)c1ccc(CNC(C)(C)C)cn1. The summed E-state index contributed by atoms with van der Waals surface area (Å²) in [6, 6.07) is 4.70. The first-order valence-electron chi connectivity index (χ1n) is 6.22. The number of anilines is 1. The Balaban J connectivity index is 2.62. The van der Waals surface area contributed by atoms with Gasteiger partial charge in [0.25, 0.3) is 0 Å². The second-order valence-electron chi connectivity index (χ2n) is 5.83. The van der Waals surface area contributed by atoms with Gasteiger partial charge in [0.15, 0.2) is 0 Å². The van der Waals surface area contributed by atoms with E-state index in [4.69, 9.17) is 0 Å². The molecule has 0 fully saturated rings. The summed E-state index contributed by atoms with van der Waals surface area (Å²) < 4.78 is 0. The third-order valence-corrected chi connectivity index (χ3v) is 2.77. The molecule has 0 saturated heterocycles. The van der Waals surface area contributed by atoms with Crippen molar-refractivity contribution < 1.29 is 0 Å². The third kappa shape index (κ3) is 4.73.